The second-order valence-electron chi connectivity index (χ2n) is 5.33. The number of benzene rings is 1. The predicted molar refractivity (Wildman–Crippen MR) is 87.2 cm³/mol. The van der Waals surface area contributed by atoms with Crippen LogP contribution in [0.1, 0.15) is 11.4 Å². The number of hydrogen-bond acceptors (Lipinski definition) is 3. The molecule has 0 unspecified atom stereocenters. The highest BCUT2D eigenvalue weighted by molar-refractivity contribution is 6.33. The number of fused-ring (bicyclic) bond motifs is 1. The summed E-state index contributed by atoms with van der Waals surface area (Å²) in [6, 6.07) is 9.83. The fraction of sp³-hybridized carbons (Fsp3) is 0.250. The maximum atomic E-state index is 6.35. The molecule has 3 rings (SSSR count). The van der Waals surface area contributed by atoms with Gasteiger partial charge in [-0.25, -0.2) is 4.98 Å². The van der Waals surface area contributed by atoms with Gasteiger partial charge in [-0.05, 0) is 19.9 Å². The van der Waals surface area contributed by atoms with Gasteiger partial charge in [-0.1, -0.05) is 29.8 Å². The smallest absolute Gasteiger partial charge is 0.165 e. The van der Waals surface area contributed by atoms with Crippen LogP contribution in [0, 0.1) is 13.8 Å². The van der Waals surface area contributed by atoms with Gasteiger partial charge < -0.3 is 4.90 Å². The van der Waals surface area contributed by atoms with Crippen molar-refractivity contribution < 1.29 is 0 Å². The van der Waals surface area contributed by atoms with E-state index < -0.39 is 0 Å². The van der Waals surface area contributed by atoms with Gasteiger partial charge in [0.2, 0.25) is 0 Å². The van der Waals surface area contributed by atoms with Crippen molar-refractivity contribution in [3.05, 3.63) is 46.7 Å². The lowest BCUT2D eigenvalue weighted by molar-refractivity contribution is 0.875. The van der Waals surface area contributed by atoms with Crippen molar-refractivity contribution in [1.29, 1.82) is 0 Å². The van der Waals surface area contributed by atoms with Gasteiger partial charge in [0.05, 0.1) is 11.3 Å². The predicted octanol–water partition coefficient (Wildman–Crippen LogP) is 3.73. The summed E-state index contributed by atoms with van der Waals surface area (Å²) in [7, 11) is 4.00. The molecule has 4 nitrogen and oxygen atoms in total. The second-order valence-corrected chi connectivity index (χ2v) is 5.73. The van der Waals surface area contributed by atoms with Crippen LogP contribution >= 0.6 is 11.6 Å². The maximum Gasteiger partial charge on any atom is 0.165 e. The number of anilines is 1. The molecule has 0 fully saturated rings. The van der Waals surface area contributed by atoms with Crippen molar-refractivity contribution in [1.82, 2.24) is 14.6 Å². The van der Waals surface area contributed by atoms with E-state index in [2.05, 4.69) is 10.1 Å². The molecular formula is C16H17ClN4. The number of hydrogen-bond donors (Lipinski definition) is 0. The quantitative estimate of drug-likeness (QED) is 0.723. The third-order valence-corrected chi connectivity index (χ3v) is 3.80. The Morgan fingerprint density at radius 3 is 2.52 bits per heavy atom. The van der Waals surface area contributed by atoms with Crippen LogP contribution in [0.5, 0.6) is 0 Å². The summed E-state index contributed by atoms with van der Waals surface area (Å²) in [5, 5.41) is 5.36. The monoisotopic (exact) mass is 300 g/mol. The van der Waals surface area contributed by atoms with Gasteiger partial charge in [-0.3, -0.25) is 0 Å². The molecule has 2 aromatic heterocycles. The highest BCUT2D eigenvalue weighted by atomic mass is 35.5. The molecule has 0 bridgehead atoms. The Morgan fingerprint density at radius 2 is 1.86 bits per heavy atom. The largest absolute Gasteiger partial charge is 0.363 e. The molecule has 2 heterocycles. The van der Waals surface area contributed by atoms with E-state index in [9.17, 15) is 0 Å². The number of aromatic nitrogens is 3. The van der Waals surface area contributed by atoms with Crippen molar-refractivity contribution in [2.24, 2.45) is 0 Å². The lowest BCUT2D eigenvalue weighted by atomic mass is 10.1. The molecule has 0 saturated heterocycles. The minimum Gasteiger partial charge on any atom is -0.363 e. The molecule has 21 heavy (non-hydrogen) atoms. The summed E-state index contributed by atoms with van der Waals surface area (Å²) in [6.07, 6.45) is 0. The van der Waals surface area contributed by atoms with Gasteiger partial charge in [0.1, 0.15) is 5.82 Å². The highest BCUT2D eigenvalue weighted by Crippen LogP contribution is 2.34. The zero-order valence-corrected chi connectivity index (χ0v) is 13.3. The van der Waals surface area contributed by atoms with Gasteiger partial charge in [0, 0.05) is 36.4 Å². The Bertz CT molecular complexity index is 821. The van der Waals surface area contributed by atoms with E-state index in [-0.39, 0.29) is 0 Å². The van der Waals surface area contributed by atoms with Crippen LogP contribution in [0.2, 0.25) is 5.02 Å². The number of rotatable bonds is 2. The lowest BCUT2D eigenvalue weighted by Gasteiger charge is -2.14. The van der Waals surface area contributed by atoms with Crippen LogP contribution in [0.4, 0.5) is 5.82 Å². The second kappa shape index (κ2) is 5.04. The number of halogens is 1. The first-order chi connectivity index (χ1) is 9.99. The zero-order chi connectivity index (χ0) is 15.1. The lowest BCUT2D eigenvalue weighted by Crippen LogP contribution is -2.14. The highest BCUT2D eigenvalue weighted by Gasteiger charge is 2.18. The number of aryl methyl sites for hydroxylation is 2. The Morgan fingerprint density at radius 1 is 1.14 bits per heavy atom. The average molecular weight is 301 g/mol. The summed E-state index contributed by atoms with van der Waals surface area (Å²) < 4.78 is 1.88. The molecule has 108 valence electrons. The molecule has 0 spiro atoms. The third-order valence-electron chi connectivity index (χ3n) is 3.47. The van der Waals surface area contributed by atoms with Crippen molar-refractivity contribution in [2.45, 2.75) is 13.8 Å². The van der Waals surface area contributed by atoms with Crippen LogP contribution in [-0.4, -0.2) is 28.7 Å². The summed E-state index contributed by atoms with van der Waals surface area (Å²) in [5.74, 6) is 0.999. The first-order valence-electron chi connectivity index (χ1n) is 6.78. The van der Waals surface area contributed by atoms with Crippen LogP contribution < -0.4 is 4.90 Å². The molecule has 1 aromatic carbocycles. The normalized spacial score (nSPS) is 11.1. The topological polar surface area (TPSA) is 33.4 Å². The van der Waals surface area contributed by atoms with E-state index in [0.29, 0.717) is 5.02 Å². The van der Waals surface area contributed by atoms with E-state index in [1.807, 2.05) is 67.7 Å². The first-order valence-corrected chi connectivity index (χ1v) is 7.16. The molecular weight excluding hydrogens is 284 g/mol. The maximum absolute atomic E-state index is 6.35. The first kappa shape index (κ1) is 13.9. The Labute approximate surface area is 129 Å². The minimum atomic E-state index is 0.713. The SMILES string of the molecule is Cc1cc(N(C)C)n2nc(C)c(-c3ccccc3Cl)c2n1. The van der Waals surface area contributed by atoms with E-state index in [4.69, 9.17) is 11.6 Å². The average Bonchev–Trinajstić information content (AvgIpc) is 2.74. The summed E-state index contributed by atoms with van der Waals surface area (Å²) in [4.78, 5) is 6.70. The molecule has 0 amide bonds. The summed E-state index contributed by atoms with van der Waals surface area (Å²) >= 11 is 6.35. The van der Waals surface area contributed by atoms with Gasteiger partial charge in [0.25, 0.3) is 0 Å². The molecule has 5 heteroatoms. The molecule has 0 atom stereocenters. The van der Waals surface area contributed by atoms with Gasteiger partial charge in [0.15, 0.2) is 5.65 Å². The van der Waals surface area contributed by atoms with Crippen LogP contribution in [0.3, 0.4) is 0 Å². The molecule has 3 aromatic rings. The molecule has 0 N–H and O–H groups in total. The van der Waals surface area contributed by atoms with Crippen molar-refractivity contribution in [3.63, 3.8) is 0 Å². The fourth-order valence-electron chi connectivity index (χ4n) is 2.52. The number of nitrogens with zero attached hydrogens (tertiary/aromatic N) is 4. The van der Waals surface area contributed by atoms with Gasteiger partial charge >= 0.3 is 0 Å². The van der Waals surface area contributed by atoms with Crippen LogP contribution in [-0.2, 0) is 0 Å². The summed E-state index contributed by atoms with van der Waals surface area (Å²) in [6.45, 7) is 3.98. The van der Waals surface area contributed by atoms with Crippen LogP contribution in [0.15, 0.2) is 30.3 Å². The van der Waals surface area contributed by atoms with E-state index in [1.54, 1.807) is 0 Å². The van der Waals surface area contributed by atoms with Gasteiger partial charge in [-0.15, -0.1) is 0 Å². The van der Waals surface area contributed by atoms with Crippen molar-refractivity contribution >= 4 is 23.1 Å². The van der Waals surface area contributed by atoms with Crippen molar-refractivity contribution in [3.8, 4) is 11.1 Å². The molecule has 0 aliphatic rings. The zero-order valence-electron chi connectivity index (χ0n) is 12.6. The van der Waals surface area contributed by atoms with Crippen LogP contribution in [0.25, 0.3) is 16.8 Å². The fourth-order valence-corrected chi connectivity index (χ4v) is 2.75. The van der Waals surface area contributed by atoms with Crippen molar-refractivity contribution in [2.75, 3.05) is 19.0 Å². The Hall–Kier alpha value is -2.07. The minimum absolute atomic E-state index is 0.713. The third kappa shape index (κ3) is 2.25. The standard InChI is InChI=1S/C16H17ClN4/c1-10-9-14(20(3)4)21-16(18-10)15(11(2)19-21)12-7-5-6-8-13(12)17/h5-9H,1-4H3. The molecule has 0 aliphatic heterocycles. The van der Waals surface area contributed by atoms with E-state index in [1.165, 1.54) is 0 Å². The van der Waals surface area contributed by atoms with Gasteiger partial charge in [-0.2, -0.15) is 9.61 Å². The molecule has 0 aliphatic carbocycles. The van der Waals surface area contributed by atoms with E-state index in [0.717, 1.165) is 34.0 Å². The Balaban J connectivity index is 2.40. The van der Waals surface area contributed by atoms with E-state index >= 15 is 0 Å². The molecule has 0 saturated carbocycles. The summed E-state index contributed by atoms with van der Waals surface area (Å²) in [5.41, 5.74) is 4.68. The molecule has 0 radical (unpaired) electrons. The Kier molecular flexibility index (Phi) is 3.33.